The van der Waals surface area contributed by atoms with Crippen LogP contribution >= 0.6 is 0 Å². The van der Waals surface area contributed by atoms with Crippen molar-refractivity contribution >= 4 is 23.4 Å². The van der Waals surface area contributed by atoms with E-state index in [2.05, 4.69) is 0 Å². The number of rotatable bonds is 2. The summed E-state index contributed by atoms with van der Waals surface area (Å²) >= 11 is 0. The van der Waals surface area contributed by atoms with Crippen LogP contribution in [0.5, 0.6) is 0 Å². The molecule has 2 bridgehead atoms. The summed E-state index contributed by atoms with van der Waals surface area (Å²) in [5, 5.41) is 0. The summed E-state index contributed by atoms with van der Waals surface area (Å²) in [6, 6.07) is 7.07. The second-order valence-corrected chi connectivity index (χ2v) is 8.65. The van der Waals surface area contributed by atoms with Crippen LogP contribution in [0.3, 0.4) is 0 Å². The van der Waals surface area contributed by atoms with Gasteiger partial charge in [0.2, 0.25) is 11.8 Å². The highest BCUT2D eigenvalue weighted by atomic mass is 16.2. The van der Waals surface area contributed by atoms with E-state index in [9.17, 15) is 14.4 Å². The highest BCUT2D eigenvalue weighted by molar-refractivity contribution is 6.22. The van der Waals surface area contributed by atoms with E-state index in [4.69, 9.17) is 0 Å². The zero-order valence-corrected chi connectivity index (χ0v) is 15.6. The molecule has 2 aliphatic carbocycles. The molecule has 3 amide bonds. The summed E-state index contributed by atoms with van der Waals surface area (Å²) in [6.45, 7) is 1.63. The van der Waals surface area contributed by atoms with Crippen molar-refractivity contribution in [1.82, 2.24) is 4.90 Å². The molecule has 4 fully saturated rings. The van der Waals surface area contributed by atoms with Gasteiger partial charge in [-0.05, 0) is 68.2 Å². The van der Waals surface area contributed by atoms with Gasteiger partial charge in [0.15, 0.2) is 0 Å². The summed E-state index contributed by atoms with van der Waals surface area (Å²) < 4.78 is 0. The maximum atomic E-state index is 12.9. The fourth-order valence-corrected chi connectivity index (χ4v) is 5.87. The first-order chi connectivity index (χ1) is 13.1. The number of hydrogen-bond acceptors (Lipinski definition) is 3. The van der Waals surface area contributed by atoms with E-state index in [0.717, 1.165) is 45.2 Å². The lowest BCUT2D eigenvalue weighted by Gasteiger charge is -2.21. The topological polar surface area (TPSA) is 57.7 Å². The van der Waals surface area contributed by atoms with Crippen molar-refractivity contribution in [2.75, 3.05) is 18.0 Å². The van der Waals surface area contributed by atoms with Crippen molar-refractivity contribution < 1.29 is 14.4 Å². The van der Waals surface area contributed by atoms with E-state index >= 15 is 0 Å². The molecule has 1 aromatic carbocycles. The van der Waals surface area contributed by atoms with Crippen LogP contribution in [0.2, 0.25) is 0 Å². The van der Waals surface area contributed by atoms with Crippen molar-refractivity contribution in [3.63, 3.8) is 0 Å². The SMILES string of the molecule is O=C(c1ccc(N2C(=O)[C@@H]3[C@H]4CC[C@@H](C4)[C@@H]3C2=O)cc1)N1CCCCCC1. The normalized spacial score (nSPS) is 32.7. The Balaban J connectivity index is 1.35. The molecule has 5 rings (SSSR count). The summed E-state index contributed by atoms with van der Waals surface area (Å²) in [6.07, 6.45) is 7.71. The number of fused-ring (bicyclic) bond motifs is 5. The number of hydrogen-bond donors (Lipinski definition) is 0. The van der Waals surface area contributed by atoms with Gasteiger partial charge in [-0.1, -0.05) is 12.8 Å². The molecule has 142 valence electrons. The Labute approximate surface area is 159 Å². The van der Waals surface area contributed by atoms with Crippen LogP contribution in [-0.2, 0) is 9.59 Å². The van der Waals surface area contributed by atoms with Crippen LogP contribution < -0.4 is 4.90 Å². The van der Waals surface area contributed by atoms with Gasteiger partial charge < -0.3 is 4.90 Å². The van der Waals surface area contributed by atoms with Crippen molar-refractivity contribution in [2.24, 2.45) is 23.7 Å². The third-order valence-electron chi connectivity index (χ3n) is 7.19. The quantitative estimate of drug-likeness (QED) is 0.755. The smallest absolute Gasteiger partial charge is 0.253 e. The van der Waals surface area contributed by atoms with Gasteiger partial charge in [-0.3, -0.25) is 19.3 Å². The number of likely N-dealkylation sites (tertiary alicyclic amines) is 1. The van der Waals surface area contributed by atoms with Gasteiger partial charge in [-0.2, -0.15) is 0 Å². The summed E-state index contributed by atoms with van der Waals surface area (Å²) in [5.74, 6) is 0.588. The Hall–Kier alpha value is -2.17. The van der Waals surface area contributed by atoms with Crippen LogP contribution in [0.4, 0.5) is 5.69 Å². The van der Waals surface area contributed by atoms with Crippen LogP contribution in [0.1, 0.15) is 55.3 Å². The van der Waals surface area contributed by atoms with Gasteiger partial charge >= 0.3 is 0 Å². The van der Waals surface area contributed by atoms with Crippen LogP contribution in [0.15, 0.2) is 24.3 Å². The molecule has 1 aromatic rings. The van der Waals surface area contributed by atoms with E-state index in [-0.39, 0.29) is 29.6 Å². The lowest BCUT2D eigenvalue weighted by molar-refractivity contribution is -0.123. The van der Waals surface area contributed by atoms with Crippen molar-refractivity contribution in [3.05, 3.63) is 29.8 Å². The van der Waals surface area contributed by atoms with E-state index in [1.54, 1.807) is 24.3 Å². The predicted molar refractivity (Wildman–Crippen MR) is 101 cm³/mol. The summed E-state index contributed by atoms with van der Waals surface area (Å²) in [4.78, 5) is 41.9. The molecule has 2 saturated heterocycles. The molecular weight excluding hydrogens is 340 g/mol. The van der Waals surface area contributed by atoms with Gasteiger partial charge in [0, 0.05) is 18.7 Å². The molecule has 0 aromatic heterocycles. The third-order valence-corrected chi connectivity index (χ3v) is 7.19. The minimum absolute atomic E-state index is 0.0243. The van der Waals surface area contributed by atoms with E-state index < -0.39 is 0 Å². The number of carbonyl (C=O) groups excluding carboxylic acids is 3. The largest absolute Gasteiger partial charge is 0.339 e. The molecule has 0 spiro atoms. The maximum Gasteiger partial charge on any atom is 0.253 e. The molecular formula is C22H26N2O3. The Bertz CT molecular complexity index is 751. The van der Waals surface area contributed by atoms with Gasteiger partial charge in [0.05, 0.1) is 17.5 Å². The molecule has 27 heavy (non-hydrogen) atoms. The summed E-state index contributed by atoms with van der Waals surface area (Å²) in [7, 11) is 0. The van der Waals surface area contributed by atoms with Crippen LogP contribution in [0.25, 0.3) is 0 Å². The second-order valence-electron chi connectivity index (χ2n) is 8.65. The molecule has 2 heterocycles. The number of amides is 3. The first-order valence-electron chi connectivity index (χ1n) is 10.4. The fraction of sp³-hybridized carbons (Fsp3) is 0.591. The zero-order valence-electron chi connectivity index (χ0n) is 15.6. The van der Waals surface area contributed by atoms with Gasteiger partial charge in [-0.15, -0.1) is 0 Å². The Morgan fingerprint density at radius 1 is 0.815 bits per heavy atom. The van der Waals surface area contributed by atoms with Gasteiger partial charge in [0.25, 0.3) is 5.91 Å². The van der Waals surface area contributed by atoms with Crippen molar-refractivity contribution in [1.29, 1.82) is 0 Å². The number of benzene rings is 1. The molecule has 2 aliphatic heterocycles. The summed E-state index contributed by atoms with van der Waals surface area (Å²) in [5.41, 5.74) is 1.26. The van der Waals surface area contributed by atoms with Crippen molar-refractivity contribution in [2.45, 2.75) is 44.9 Å². The average Bonchev–Trinajstić information content (AvgIpc) is 3.28. The van der Waals surface area contributed by atoms with E-state index in [0.29, 0.717) is 23.1 Å². The monoisotopic (exact) mass is 366 g/mol. The third kappa shape index (κ3) is 2.62. The minimum atomic E-state index is -0.102. The van der Waals surface area contributed by atoms with E-state index in [1.165, 1.54) is 17.7 Å². The molecule has 2 saturated carbocycles. The predicted octanol–water partition coefficient (Wildman–Crippen LogP) is 3.24. The highest BCUT2D eigenvalue weighted by Crippen LogP contribution is 2.56. The van der Waals surface area contributed by atoms with Gasteiger partial charge in [0.1, 0.15) is 0 Å². The fourth-order valence-electron chi connectivity index (χ4n) is 5.87. The molecule has 0 unspecified atom stereocenters. The molecule has 4 atom stereocenters. The molecule has 5 nitrogen and oxygen atoms in total. The van der Waals surface area contributed by atoms with Gasteiger partial charge in [-0.25, -0.2) is 0 Å². The highest BCUT2D eigenvalue weighted by Gasteiger charge is 2.61. The number of nitrogens with zero attached hydrogens (tertiary/aromatic N) is 2. The lowest BCUT2D eigenvalue weighted by atomic mass is 9.81. The Morgan fingerprint density at radius 2 is 1.37 bits per heavy atom. The Morgan fingerprint density at radius 3 is 1.93 bits per heavy atom. The number of carbonyl (C=O) groups is 3. The number of anilines is 1. The van der Waals surface area contributed by atoms with Crippen molar-refractivity contribution in [3.8, 4) is 0 Å². The molecule has 5 heteroatoms. The first kappa shape index (κ1) is 17.0. The Kier molecular flexibility index (Phi) is 4.06. The van der Waals surface area contributed by atoms with E-state index in [1.807, 2.05) is 4.90 Å². The average molecular weight is 366 g/mol. The first-order valence-corrected chi connectivity index (χ1v) is 10.4. The second kappa shape index (κ2) is 6.47. The molecule has 0 N–H and O–H groups in total. The lowest BCUT2D eigenvalue weighted by Crippen LogP contribution is -2.33. The van der Waals surface area contributed by atoms with Crippen LogP contribution in [-0.4, -0.2) is 35.7 Å². The van der Waals surface area contributed by atoms with Crippen LogP contribution in [0, 0.1) is 23.7 Å². The zero-order chi connectivity index (χ0) is 18.5. The maximum absolute atomic E-state index is 12.9. The number of imide groups is 1. The molecule has 4 aliphatic rings. The standard InChI is InChI=1S/C22H26N2O3/c25-20(23-11-3-1-2-4-12-23)14-7-9-17(10-8-14)24-21(26)18-15-5-6-16(13-15)19(18)22(24)27/h7-10,15-16,18-19H,1-6,11-13H2/t15-,16-,18-,19+/m0/s1. The minimum Gasteiger partial charge on any atom is -0.339 e. The molecule has 0 radical (unpaired) electrons.